The first kappa shape index (κ1) is 17.1. The van der Waals surface area contributed by atoms with Gasteiger partial charge in [-0.05, 0) is 49.4 Å². The number of phenolic OH excluding ortho intramolecular Hbond substituents is 1. The fourth-order valence-electron chi connectivity index (χ4n) is 3.32. The van der Waals surface area contributed by atoms with E-state index in [0.29, 0.717) is 22.8 Å². The number of hydrogen-bond donors (Lipinski definition) is 1. The molecule has 1 N–H and O–H groups in total. The van der Waals surface area contributed by atoms with Crippen molar-refractivity contribution in [1.29, 1.82) is 0 Å². The lowest BCUT2D eigenvalue weighted by molar-refractivity contribution is 0.157. The molecule has 6 heteroatoms. The van der Waals surface area contributed by atoms with Crippen molar-refractivity contribution >= 4 is 23.4 Å². The number of hydrogen-bond acceptors (Lipinski definition) is 6. The van der Waals surface area contributed by atoms with Crippen molar-refractivity contribution in [3.63, 3.8) is 0 Å². The molecule has 0 aromatic heterocycles. The molecule has 2 aliphatic heterocycles. The average Bonchev–Trinajstić information content (AvgIpc) is 2.65. The minimum atomic E-state index is -0.401. The molecule has 0 fully saturated rings. The van der Waals surface area contributed by atoms with Crippen molar-refractivity contribution in [2.75, 3.05) is 13.7 Å². The van der Waals surface area contributed by atoms with E-state index in [2.05, 4.69) is 5.18 Å². The van der Waals surface area contributed by atoms with Crippen molar-refractivity contribution in [1.82, 2.24) is 0 Å². The molecule has 2 aromatic carbocycles. The predicted molar refractivity (Wildman–Crippen MR) is 104 cm³/mol. The molecule has 0 amide bonds. The smallest absolute Gasteiger partial charge is 0.141 e. The average molecular weight is 365 g/mol. The van der Waals surface area contributed by atoms with Crippen molar-refractivity contribution in [2.45, 2.75) is 19.4 Å². The lowest BCUT2D eigenvalue weighted by Crippen LogP contribution is -2.28. The number of benzene rings is 2. The summed E-state index contributed by atoms with van der Waals surface area (Å²) < 4.78 is 17.6. The van der Waals surface area contributed by atoms with Gasteiger partial charge in [0.05, 0.1) is 18.2 Å². The molecule has 0 radical (unpaired) electrons. The fraction of sp³-hybridized carbons (Fsp3) is 0.238. The molecular formula is C21H19NO5. The fourth-order valence-corrected chi connectivity index (χ4v) is 3.32. The maximum absolute atomic E-state index is 10.6. The van der Waals surface area contributed by atoms with Crippen LogP contribution in [0.5, 0.6) is 23.0 Å². The molecule has 0 spiro atoms. The van der Waals surface area contributed by atoms with Gasteiger partial charge < -0.3 is 19.3 Å². The maximum Gasteiger partial charge on any atom is 0.141 e. The van der Waals surface area contributed by atoms with Gasteiger partial charge in [-0.25, -0.2) is 0 Å². The summed E-state index contributed by atoms with van der Waals surface area (Å²) in [6, 6.07) is 6.40. The number of ether oxygens (including phenoxy) is 3. The third-order valence-corrected chi connectivity index (χ3v) is 4.65. The van der Waals surface area contributed by atoms with E-state index in [0.717, 1.165) is 16.7 Å². The summed E-state index contributed by atoms with van der Waals surface area (Å²) in [6.07, 6.45) is 5.91. The van der Waals surface area contributed by atoms with Gasteiger partial charge in [0.2, 0.25) is 0 Å². The van der Waals surface area contributed by atoms with Crippen LogP contribution in [-0.2, 0) is 0 Å². The second-order valence-corrected chi connectivity index (χ2v) is 7.02. The Morgan fingerprint density at radius 1 is 1.22 bits per heavy atom. The van der Waals surface area contributed by atoms with E-state index < -0.39 is 5.60 Å². The van der Waals surface area contributed by atoms with E-state index in [-0.39, 0.29) is 18.0 Å². The highest BCUT2D eigenvalue weighted by Crippen LogP contribution is 2.47. The summed E-state index contributed by atoms with van der Waals surface area (Å²) in [6.45, 7) is 4.24. The van der Waals surface area contributed by atoms with Crippen LogP contribution in [0.4, 0.5) is 5.69 Å². The normalized spacial score (nSPS) is 16.3. The molecule has 6 nitrogen and oxygen atoms in total. The molecule has 2 aliphatic rings. The molecule has 2 heterocycles. The van der Waals surface area contributed by atoms with Crippen LogP contribution in [0.15, 0.2) is 35.5 Å². The monoisotopic (exact) mass is 365 g/mol. The quantitative estimate of drug-likeness (QED) is 0.782. The van der Waals surface area contributed by atoms with Crippen LogP contribution in [0.25, 0.3) is 17.7 Å². The third kappa shape index (κ3) is 2.93. The molecule has 0 atom stereocenters. The Kier molecular flexibility index (Phi) is 3.91. The van der Waals surface area contributed by atoms with Gasteiger partial charge >= 0.3 is 0 Å². The number of rotatable bonds is 3. The van der Waals surface area contributed by atoms with Crippen LogP contribution < -0.4 is 14.2 Å². The number of fused-ring (bicyclic) bond motifs is 3. The first-order valence-electron chi connectivity index (χ1n) is 8.55. The van der Waals surface area contributed by atoms with Crippen LogP contribution >= 0.6 is 0 Å². The maximum atomic E-state index is 10.6. The summed E-state index contributed by atoms with van der Waals surface area (Å²) in [5.41, 5.74) is 2.78. The van der Waals surface area contributed by atoms with Gasteiger partial charge in [0.15, 0.2) is 0 Å². The number of aromatic hydroxyl groups is 1. The first-order chi connectivity index (χ1) is 12.9. The summed E-state index contributed by atoms with van der Waals surface area (Å²) in [7, 11) is 1.59. The minimum Gasteiger partial charge on any atom is -0.507 e. The minimum absolute atomic E-state index is 0.0210. The van der Waals surface area contributed by atoms with Crippen LogP contribution in [0.2, 0.25) is 0 Å². The van der Waals surface area contributed by atoms with Crippen LogP contribution in [0.3, 0.4) is 0 Å². The zero-order chi connectivity index (χ0) is 19.2. The van der Waals surface area contributed by atoms with Gasteiger partial charge in [-0.1, -0.05) is 0 Å². The van der Waals surface area contributed by atoms with Crippen molar-refractivity contribution in [3.05, 3.63) is 51.9 Å². The van der Waals surface area contributed by atoms with Crippen LogP contribution in [0.1, 0.15) is 30.5 Å². The highest BCUT2D eigenvalue weighted by Gasteiger charge is 2.29. The lowest BCUT2D eigenvalue weighted by Gasteiger charge is -2.31. The molecule has 0 bridgehead atoms. The highest BCUT2D eigenvalue weighted by atomic mass is 16.5. The van der Waals surface area contributed by atoms with E-state index in [1.54, 1.807) is 19.2 Å². The van der Waals surface area contributed by atoms with E-state index in [9.17, 15) is 10.0 Å². The van der Waals surface area contributed by atoms with Crippen molar-refractivity contribution in [2.24, 2.45) is 5.18 Å². The predicted octanol–water partition coefficient (Wildman–Crippen LogP) is 4.92. The van der Waals surface area contributed by atoms with Crippen molar-refractivity contribution < 1.29 is 19.3 Å². The zero-order valence-electron chi connectivity index (χ0n) is 15.3. The van der Waals surface area contributed by atoms with E-state index in [4.69, 9.17) is 14.2 Å². The molecule has 2 aromatic rings. The molecule has 0 saturated carbocycles. The Bertz CT molecular complexity index is 1000. The summed E-state index contributed by atoms with van der Waals surface area (Å²) in [4.78, 5) is 10.6. The summed E-state index contributed by atoms with van der Waals surface area (Å²) in [5.74, 6) is 2.00. The Hall–Kier alpha value is -3.28. The van der Waals surface area contributed by atoms with Gasteiger partial charge in [0.25, 0.3) is 0 Å². The Balaban J connectivity index is 1.84. The highest BCUT2D eigenvalue weighted by molar-refractivity contribution is 5.92. The van der Waals surface area contributed by atoms with Crippen LogP contribution in [-0.4, -0.2) is 24.4 Å². The van der Waals surface area contributed by atoms with Gasteiger partial charge in [0, 0.05) is 23.3 Å². The van der Waals surface area contributed by atoms with E-state index >= 15 is 0 Å². The van der Waals surface area contributed by atoms with Crippen molar-refractivity contribution in [3.8, 4) is 23.0 Å². The standard InChI is InChI=1S/C21H19NO5/c1-21(2)7-6-15-19(27-21)10-18(25-3)16-8-12(11-26-20(15)16)14-5-4-13(22-24)9-17(14)23/h4-10,23H,11H2,1-3H3. The molecule has 0 saturated heterocycles. The number of phenols is 1. The number of nitrogens with zero attached hydrogens (tertiary/aromatic N) is 1. The van der Waals surface area contributed by atoms with Gasteiger partial charge in [0.1, 0.15) is 40.9 Å². The van der Waals surface area contributed by atoms with Gasteiger partial charge in [-0.3, -0.25) is 0 Å². The van der Waals surface area contributed by atoms with Gasteiger partial charge in [-0.15, -0.1) is 4.91 Å². The zero-order valence-corrected chi connectivity index (χ0v) is 15.3. The second-order valence-electron chi connectivity index (χ2n) is 7.02. The number of methoxy groups -OCH3 is 1. The lowest BCUT2D eigenvalue weighted by atomic mass is 9.94. The topological polar surface area (TPSA) is 77.4 Å². The molecule has 27 heavy (non-hydrogen) atoms. The van der Waals surface area contributed by atoms with E-state index in [1.165, 1.54) is 6.07 Å². The molecular weight excluding hydrogens is 346 g/mol. The van der Waals surface area contributed by atoms with E-state index in [1.807, 2.05) is 38.1 Å². The Morgan fingerprint density at radius 3 is 2.74 bits per heavy atom. The summed E-state index contributed by atoms with van der Waals surface area (Å²) in [5, 5.41) is 13.1. The largest absolute Gasteiger partial charge is 0.507 e. The molecule has 0 aliphatic carbocycles. The third-order valence-electron chi connectivity index (χ3n) is 4.65. The number of nitroso groups, excluding NO2 is 1. The second kappa shape index (κ2) is 6.16. The SMILES string of the molecule is COc1cc2c(c3c1C=C(c1ccc(N=O)cc1O)CO3)C=CC(C)(C)O2. The van der Waals surface area contributed by atoms with Gasteiger partial charge in [-0.2, -0.15) is 0 Å². The Morgan fingerprint density at radius 2 is 2.04 bits per heavy atom. The Labute approximate surface area is 156 Å². The molecule has 0 unspecified atom stereocenters. The molecule has 4 rings (SSSR count). The first-order valence-corrected chi connectivity index (χ1v) is 8.55. The van der Waals surface area contributed by atoms with Crippen LogP contribution in [0, 0.1) is 4.91 Å². The summed E-state index contributed by atoms with van der Waals surface area (Å²) >= 11 is 0. The molecule has 138 valence electrons.